The van der Waals surface area contributed by atoms with Gasteiger partial charge in [-0.05, 0) is 63.6 Å². The van der Waals surface area contributed by atoms with Gasteiger partial charge in [0.15, 0.2) is 0 Å². The predicted octanol–water partition coefficient (Wildman–Crippen LogP) is 3.90. The van der Waals surface area contributed by atoms with Gasteiger partial charge >= 0.3 is 6.03 Å². The van der Waals surface area contributed by atoms with Crippen LogP contribution in [0.15, 0.2) is 28.8 Å². The van der Waals surface area contributed by atoms with Crippen molar-refractivity contribution in [2.24, 2.45) is 5.92 Å². The lowest BCUT2D eigenvalue weighted by Gasteiger charge is -2.32. The first-order valence-electron chi connectivity index (χ1n) is 10.5. The lowest BCUT2D eigenvalue weighted by Crippen LogP contribution is -2.41. The molecular weight excluding hydrogens is 352 g/mol. The molecule has 28 heavy (non-hydrogen) atoms. The van der Waals surface area contributed by atoms with Crippen molar-refractivity contribution in [2.75, 3.05) is 25.0 Å². The van der Waals surface area contributed by atoms with E-state index in [9.17, 15) is 4.79 Å². The van der Waals surface area contributed by atoms with Gasteiger partial charge in [-0.15, -0.1) is 0 Å². The third kappa shape index (κ3) is 4.73. The third-order valence-electron chi connectivity index (χ3n) is 5.87. The van der Waals surface area contributed by atoms with Gasteiger partial charge in [0.05, 0.1) is 0 Å². The Hall–Kier alpha value is -2.34. The van der Waals surface area contributed by atoms with Gasteiger partial charge < -0.3 is 15.2 Å². The fraction of sp³-hybridized carbons (Fsp3) is 0.545. The van der Waals surface area contributed by atoms with Gasteiger partial charge in [0, 0.05) is 37.3 Å². The number of aromatic nitrogens is 1. The number of hydrogen-bond donors (Lipinski definition) is 2. The molecule has 4 rings (SSSR count). The molecule has 2 amide bonds. The summed E-state index contributed by atoms with van der Waals surface area (Å²) in [5.74, 6) is 1.57. The zero-order valence-electron chi connectivity index (χ0n) is 16.7. The lowest BCUT2D eigenvalue weighted by atomic mass is 9.95. The number of likely N-dealkylation sites (tertiary alicyclic amines) is 1. The number of nitrogens with zero attached hydrogens (tertiary/aromatic N) is 2. The summed E-state index contributed by atoms with van der Waals surface area (Å²) < 4.78 is 5.56. The molecule has 6 heteroatoms. The molecule has 1 aliphatic carbocycles. The SMILES string of the molecule is Cc1ccc(NC(=O)NC[C@@H]2CCCN(Cc3noc4c3CCCC4)C2)cc1. The zero-order chi connectivity index (χ0) is 19.3. The molecule has 0 bridgehead atoms. The van der Waals surface area contributed by atoms with Crippen molar-refractivity contribution in [2.45, 2.75) is 52.0 Å². The number of nitrogens with one attached hydrogen (secondary N) is 2. The van der Waals surface area contributed by atoms with Gasteiger partial charge in [-0.2, -0.15) is 0 Å². The molecule has 6 nitrogen and oxygen atoms in total. The normalized spacial score (nSPS) is 19.8. The predicted molar refractivity (Wildman–Crippen MR) is 109 cm³/mol. The van der Waals surface area contributed by atoms with Gasteiger partial charge in [0.1, 0.15) is 11.5 Å². The largest absolute Gasteiger partial charge is 0.361 e. The lowest BCUT2D eigenvalue weighted by molar-refractivity contribution is 0.162. The molecule has 2 aliphatic rings. The molecule has 2 aromatic rings. The van der Waals surface area contributed by atoms with E-state index >= 15 is 0 Å². The summed E-state index contributed by atoms with van der Waals surface area (Å²) in [6.45, 7) is 5.68. The number of piperidine rings is 1. The van der Waals surface area contributed by atoms with Crippen molar-refractivity contribution in [3.05, 3.63) is 46.8 Å². The number of amides is 2. The molecule has 2 N–H and O–H groups in total. The Labute approximate surface area is 166 Å². The Balaban J connectivity index is 1.25. The van der Waals surface area contributed by atoms with Crippen molar-refractivity contribution < 1.29 is 9.32 Å². The minimum Gasteiger partial charge on any atom is -0.361 e. The number of urea groups is 1. The van der Waals surface area contributed by atoms with Gasteiger partial charge in [0.25, 0.3) is 0 Å². The molecule has 1 aromatic carbocycles. The van der Waals surface area contributed by atoms with Crippen LogP contribution in [0.1, 0.15) is 48.3 Å². The highest BCUT2D eigenvalue weighted by Crippen LogP contribution is 2.26. The molecule has 1 atom stereocenters. The Kier molecular flexibility index (Phi) is 5.95. The number of carbonyl (C=O) groups is 1. The highest BCUT2D eigenvalue weighted by molar-refractivity contribution is 5.89. The van der Waals surface area contributed by atoms with Crippen LogP contribution in [0.2, 0.25) is 0 Å². The molecular formula is C22H30N4O2. The van der Waals surface area contributed by atoms with Crippen LogP contribution >= 0.6 is 0 Å². The number of fused-ring (bicyclic) bond motifs is 1. The second-order valence-electron chi connectivity index (χ2n) is 8.18. The molecule has 0 saturated carbocycles. The Morgan fingerprint density at radius 3 is 2.89 bits per heavy atom. The summed E-state index contributed by atoms with van der Waals surface area (Å²) in [6, 6.07) is 7.71. The van der Waals surface area contributed by atoms with Crippen molar-refractivity contribution in [3.8, 4) is 0 Å². The molecule has 150 valence electrons. The summed E-state index contributed by atoms with van der Waals surface area (Å²) >= 11 is 0. The molecule has 1 fully saturated rings. The monoisotopic (exact) mass is 382 g/mol. The van der Waals surface area contributed by atoms with Crippen LogP contribution in [0, 0.1) is 12.8 Å². The number of anilines is 1. The first-order chi connectivity index (χ1) is 13.7. The first kappa shape index (κ1) is 19.0. The topological polar surface area (TPSA) is 70.4 Å². The molecule has 0 spiro atoms. The van der Waals surface area contributed by atoms with Crippen molar-refractivity contribution >= 4 is 11.7 Å². The summed E-state index contributed by atoms with van der Waals surface area (Å²) in [6.07, 6.45) is 6.90. The van der Waals surface area contributed by atoms with Gasteiger partial charge in [0.2, 0.25) is 0 Å². The molecule has 0 unspecified atom stereocenters. The van der Waals surface area contributed by atoms with E-state index in [2.05, 4.69) is 20.7 Å². The maximum atomic E-state index is 12.2. The molecule has 1 saturated heterocycles. The fourth-order valence-electron chi connectivity index (χ4n) is 4.30. The van der Waals surface area contributed by atoms with Crippen LogP contribution in [0.3, 0.4) is 0 Å². The smallest absolute Gasteiger partial charge is 0.319 e. The Morgan fingerprint density at radius 2 is 2.04 bits per heavy atom. The quantitative estimate of drug-likeness (QED) is 0.823. The molecule has 1 aliphatic heterocycles. The van der Waals surface area contributed by atoms with E-state index in [-0.39, 0.29) is 6.03 Å². The molecule has 1 aromatic heterocycles. The van der Waals surface area contributed by atoms with E-state index in [1.165, 1.54) is 24.0 Å². The van der Waals surface area contributed by atoms with Crippen LogP contribution < -0.4 is 10.6 Å². The highest BCUT2D eigenvalue weighted by atomic mass is 16.5. The van der Waals surface area contributed by atoms with E-state index in [1.54, 1.807) is 0 Å². The minimum atomic E-state index is -0.133. The summed E-state index contributed by atoms with van der Waals surface area (Å²) in [4.78, 5) is 14.6. The van der Waals surface area contributed by atoms with Crippen molar-refractivity contribution in [1.29, 1.82) is 0 Å². The first-order valence-corrected chi connectivity index (χ1v) is 10.5. The molecule has 0 radical (unpaired) electrons. The van der Waals surface area contributed by atoms with Gasteiger partial charge in [-0.25, -0.2) is 4.79 Å². The second-order valence-corrected chi connectivity index (χ2v) is 8.18. The van der Waals surface area contributed by atoms with Crippen molar-refractivity contribution in [3.63, 3.8) is 0 Å². The average Bonchev–Trinajstić information content (AvgIpc) is 3.11. The summed E-state index contributed by atoms with van der Waals surface area (Å²) in [7, 11) is 0. The number of rotatable bonds is 5. The number of benzene rings is 1. The number of carbonyl (C=O) groups excluding carboxylic acids is 1. The number of aryl methyl sites for hydroxylation is 2. The van der Waals surface area contributed by atoms with Gasteiger partial charge in [-0.3, -0.25) is 4.90 Å². The van der Waals surface area contributed by atoms with E-state index in [0.717, 1.165) is 62.5 Å². The van der Waals surface area contributed by atoms with E-state index in [4.69, 9.17) is 4.52 Å². The van der Waals surface area contributed by atoms with Crippen molar-refractivity contribution in [1.82, 2.24) is 15.4 Å². The van der Waals surface area contributed by atoms with E-state index in [1.807, 2.05) is 31.2 Å². The summed E-state index contributed by atoms with van der Waals surface area (Å²) in [5.41, 5.74) is 4.48. The molecule has 2 heterocycles. The Bertz CT molecular complexity index is 799. The zero-order valence-corrected chi connectivity index (χ0v) is 16.7. The Morgan fingerprint density at radius 1 is 1.21 bits per heavy atom. The second kappa shape index (κ2) is 8.78. The van der Waals surface area contributed by atoms with E-state index < -0.39 is 0 Å². The minimum absolute atomic E-state index is 0.133. The summed E-state index contributed by atoms with van der Waals surface area (Å²) in [5, 5.41) is 10.3. The standard InChI is InChI=1S/C22H30N4O2/c1-16-8-10-18(11-9-16)24-22(27)23-13-17-5-4-12-26(14-17)15-20-19-6-2-3-7-21(19)28-25-20/h8-11,17H,2-7,12-15H2,1H3,(H2,23,24,27)/t17-/m0/s1. The maximum Gasteiger partial charge on any atom is 0.319 e. The van der Waals surface area contributed by atoms with Crippen LogP contribution in [0.25, 0.3) is 0 Å². The number of hydrogen-bond acceptors (Lipinski definition) is 4. The average molecular weight is 383 g/mol. The van der Waals surface area contributed by atoms with Gasteiger partial charge in [-0.1, -0.05) is 22.9 Å². The van der Waals surface area contributed by atoms with Crippen LogP contribution in [-0.2, 0) is 19.4 Å². The van der Waals surface area contributed by atoms with Crippen LogP contribution in [-0.4, -0.2) is 35.7 Å². The maximum absolute atomic E-state index is 12.2. The van der Waals surface area contributed by atoms with E-state index in [0.29, 0.717) is 12.5 Å². The highest BCUT2D eigenvalue weighted by Gasteiger charge is 2.25. The fourth-order valence-corrected chi connectivity index (χ4v) is 4.30. The van der Waals surface area contributed by atoms with Crippen LogP contribution in [0.4, 0.5) is 10.5 Å². The van der Waals surface area contributed by atoms with Crippen LogP contribution in [0.5, 0.6) is 0 Å². The third-order valence-corrected chi connectivity index (χ3v) is 5.87.